The Hall–Kier alpha value is -1.83. The molecule has 1 unspecified atom stereocenters. The average Bonchev–Trinajstić information content (AvgIpc) is 2.80. The van der Waals surface area contributed by atoms with Gasteiger partial charge in [0.15, 0.2) is 0 Å². The highest BCUT2D eigenvalue weighted by molar-refractivity contribution is 7.11. The fourth-order valence-corrected chi connectivity index (χ4v) is 2.95. The van der Waals surface area contributed by atoms with Gasteiger partial charge in [-0.2, -0.15) is 0 Å². The molecule has 1 rings (SSSR count). The number of amides is 3. The van der Waals surface area contributed by atoms with Crippen molar-refractivity contribution >= 4 is 23.5 Å². The van der Waals surface area contributed by atoms with E-state index in [1.54, 1.807) is 30.2 Å². The Balaban J connectivity index is 2.41. The summed E-state index contributed by atoms with van der Waals surface area (Å²) in [7, 11) is 1.74. The van der Waals surface area contributed by atoms with Gasteiger partial charge in [0.05, 0.1) is 23.4 Å². The lowest BCUT2D eigenvalue weighted by molar-refractivity contribution is 0.152. The number of nitrogens with zero attached hydrogens (tertiary/aromatic N) is 2. The molecule has 0 saturated carbocycles. The number of aromatic nitrogens is 1. The summed E-state index contributed by atoms with van der Waals surface area (Å²) in [5.74, 6) is 0. The second-order valence-corrected chi connectivity index (χ2v) is 6.08. The van der Waals surface area contributed by atoms with E-state index in [2.05, 4.69) is 15.6 Å². The van der Waals surface area contributed by atoms with E-state index in [1.165, 1.54) is 0 Å². The van der Waals surface area contributed by atoms with Crippen molar-refractivity contribution < 1.29 is 14.3 Å². The zero-order valence-corrected chi connectivity index (χ0v) is 14.5. The molecule has 0 radical (unpaired) electrons. The van der Waals surface area contributed by atoms with Crippen molar-refractivity contribution in [2.75, 3.05) is 26.7 Å². The van der Waals surface area contributed by atoms with E-state index >= 15 is 0 Å². The van der Waals surface area contributed by atoms with Crippen LogP contribution in [0.3, 0.4) is 0 Å². The van der Waals surface area contributed by atoms with Crippen molar-refractivity contribution in [3.8, 4) is 0 Å². The van der Waals surface area contributed by atoms with Crippen molar-refractivity contribution in [1.82, 2.24) is 20.5 Å². The molecule has 0 aromatic carbocycles. The molecule has 124 valence electrons. The third-order valence-electron chi connectivity index (χ3n) is 3.17. The SMILES string of the molecule is CCOC(=O)NCCNC(=O)N(C)C(C)c1sc(C)nc1C. The Morgan fingerprint density at radius 1 is 1.32 bits per heavy atom. The van der Waals surface area contributed by atoms with Crippen LogP contribution >= 0.6 is 11.3 Å². The van der Waals surface area contributed by atoms with Gasteiger partial charge in [-0.3, -0.25) is 0 Å². The third kappa shape index (κ3) is 5.18. The van der Waals surface area contributed by atoms with Gasteiger partial charge in [0.1, 0.15) is 0 Å². The summed E-state index contributed by atoms with van der Waals surface area (Å²) in [5.41, 5.74) is 0.957. The zero-order chi connectivity index (χ0) is 16.7. The van der Waals surface area contributed by atoms with Crippen LogP contribution in [0, 0.1) is 13.8 Å². The molecule has 1 aromatic rings. The van der Waals surface area contributed by atoms with Gasteiger partial charge >= 0.3 is 12.1 Å². The average molecular weight is 328 g/mol. The van der Waals surface area contributed by atoms with E-state index in [1.807, 2.05) is 20.8 Å². The molecule has 22 heavy (non-hydrogen) atoms. The smallest absolute Gasteiger partial charge is 0.407 e. The number of hydrogen-bond acceptors (Lipinski definition) is 5. The summed E-state index contributed by atoms with van der Waals surface area (Å²) in [6.45, 7) is 8.60. The number of carbonyl (C=O) groups excluding carboxylic acids is 2. The normalized spacial score (nSPS) is 11.7. The van der Waals surface area contributed by atoms with Gasteiger partial charge < -0.3 is 20.3 Å². The van der Waals surface area contributed by atoms with Crippen LogP contribution in [0.5, 0.6) is 0 Å². The molecule has 2 N–H and O–H groups in total. The van der Waals surface area contributed by atoms with E-state index in [9.17, 15) is 9.59 Å². The van der Waals surface area contributed by atoms with Crippen LogP contribution in [0.25, 0.3) is 0 Å². The maximum absolute atomic E-state index is 12.1. The molecule has 7 nitrogen and oxygen atoms in total. The molecule has 8 heteroatoms. The third-order valence-corrected chi connectivity index (χ3v) is 4.41. The van der Waals surface area contributed by atoms with Gasteiger partial charge in [0.2, 0.25) is 0 Å². The lowest BCUT2D eigenvalue weighted by Gasteiger charge is -2.24. The van der Waals surface area contributed by atoms with Crippen molar-refractivity contribution in [2.45, 2.75) is 33.7 Å². The summed E-state index contributed by atoms with van der Waals surface area (Å²) >= 11 is 1.60. The maximum Gasteiger partial charge on any atom is 0.407 e. The molecule has 1 aromatic heterocycles. The zero-order valence-electron chi connectivity index (χ0n) is 13.7. The highest BCUT2D eigenvalue weighted by Gasteiger charge is 2.21. The minimum Gasteiger partial charge on any atom is -0.450 e. The van der Waals surface area contributed by atoms with E-state index in [-0.39, 0.29) is 12.1 Å². The molecule has 0 aliphatic rings. The number of thiazole rings is 1. The van der Waals surface area contributed by atoms with E-state index < -0.39 is 6.09 Å². The van der Waals surface area contributed by atoms with Crippen LogP contribution in [0.2, 0.25) is 0 Å². The van der Waals surface area contributed by atoms with E-state index in [0.717, 1.165) is 15.6 Å². The predicted molar refractivity (Wildman–Crippen MR) is 86.2 cm³/mol. The highest BCUT2D eigenvalue weighted by atomic mass is 32.1. The second-order valence-electron chi connectivity index (χ2n) is 4.85. The number of aryl methyl sites for hydroxylation is 2. The Morgan fingerprint density at radius 3 is 2.50 bits per heavy atom. The first-order valence-electron chi connectivity index (χ1n) is 7.22. The number of hydrogen-bond donors (Lipinski definition) is 2. The summed E-state index contributed by atoms with van der Waals surface area (Å²) in [4.78, 5) is 30.3. The van der Waals surface area contributed by atoms with Crippen LogP contribution < -0.4 is 10.6 Å². The van der Waals surface area contributed by atoms with Crippen molar-refractivity contribution in [1.29, 1.82) is 0 Å². The topological polar surface area (TPSA) is 83.6 Å². The lowest BCUT2D eigenvalue weighted by atomic mass is 10.2. The fourth-order valence-electron chi connectivity index (χ4n) is 1.93. The molecule has 0 bridgehead atoms. The number of urea groups is 1. The van der Waals surface area contributed by atoms with Crippen LogP contribution in [-0.2, 0) is 4.74 Å². The van der Waals surface area contributed by atoms with Crippen LogP contribution in [0.15, 0.2) is 0 Å². The molecule has 0 fully saturated rings. The summed E-state index contributed by atoms with van der Waals surface area (Å²) in [6, 6.07) is -0.243. The molecule has 1 atom stereocenters. The maximum atomic E-state index is 12.1. The number of ether oxygens (including phenoxy) is 1. The summed E-state index contributed by atoms with van der Waals surface area (Å²) in [6.07, 6.45) is -0.478. The Morgan fingerprint density at radius 2 is 1.95 bits per heavy atom. The molecule has 0 saturated heterocycles. The first-order chi connectivity index (χ1) is 10.4. The van der Waals surface area contributed by atoms with Gasteiger partial charge in [-0.15, -0.1) is 11.3 Å². The number of nitrogens with one attached hydrogen (secondary N) is 2. The van der Waals surface area contributed by atoms with Gasteiger partial charge in [-0.25, -0.2) is 14.6 Å². The number of alkyl carbamates (subject to hydrolysis) is 1. The molecule has 3 amide bonds. The summed E-state index contributed by atoms with van der Waals surface area (Å²) in [5, 5.41) is 6.30. The van der Waals surface area contributed by atoms with E-state index in [0.29, 0.717) is 19.7 Å². The minimum absolute atomic E-state index is 0.0517. The molecular weight excluding hydrogens is 304 g/mol. The first kappa shape index (κ1) is 18.2. The predicted octanol–water partition coefficient (Wildman–Crippen LogP) is 2.21. The quantitative estimate of drug-likeness (QED) is 0.784. The van der Waals surface area contributed by atoms with Gasteiger partial charge in [0, 0.05) is 25.0 Å². The highest BCUT2D eigenvalue weighted by Crippen LogP contribution is 2.27. The van der Waals surface area contributed by atoms with Crippen molar-refractivity contribution in [2.24, 2.45) is 0 Å². The number of rotatable bonds is 6. The van der Waals surface area contributed by atoms with Crippen LogP contribution in [-0.4, -0.2) is 48.8 Å². The molecular formula is C14H24N4O3S. The first-order valence-corrected chi connectivity index (χ1v) is 8.03. The van der Waals surface area contributed by atoms with E-state index in [4.69, 9.17) is 4.74 Å². The van der Waals surface area contributed by atoms with Crippen LogP contribution in [0.4, 0.5) is 9.59 Å². The molecule has 0 spiro atoms. The molecule has 0 aliphatic heterocycles. The second kappa shape index (κ2) is 8.57. The largest absolute Gasteiger partial charge is 0.450 e. The number of carbonyl (C=O) groups is 2. The van der Waals surface area contributed by atoms with Crippen molar-refractivity contribution in [3.63, 3.8) is 0 Å². The van der Waals surface area contributed by atoms with Gasteiger partial charge in [0.25, 0.3) is 0 Å². The fraction of sp³-hybridized carbons (Fsp3) is 0.643. The molecule has 1 heterocycles. The lowest BCUT2D eigenvalue weighted by Crippen LogP contribution is -2.42. The minimum atomic E-state index is -0.478. The van der Waals surface area contributed by atoms with Crippen molar-refractivity contribution in [3.05, 3.63) is 15.6 Å². The van der Waals surface area contributed by atoms with Gasteiger partial charge in [-0.05, 0) is 27.7 Å². The Labute approximate surface area is 135 Å². The molecule has 0 aliphatic carbocycles. The van der Waals surface area contributed by atoms with Crippen LogP contribution in [0.1, 0.15) is 35.5 Å². The summed E-state index contributed by atoms with van der Waals surface area (Å²) < 4.78 is 4.73. The van der Waals surface area contributed by atoms with Gasteiger partial charge in [-0.1, -0.05) is 0 Å². The Kier molecular flexibility index (Phi) is 7.10. The monoisotopic (exact) mass is 328 g/mol. The standard InChI is InChI=1S/C14H24N4O3S/c1-6-21-14(20)16-8-7-15-13(19)18(5)10(3)12-9(2)17-11(4)22-12/h10H,6-8H2,1-5H3,(H,15,19)(H,16,20). The Bertz CT molecular complexity index is 518.